The van der Waals surface area contributed by atoms with Gasteiger partial charge in [-0.15, -0.1) is 0 Å². The van der Waals surface area contributed by atoms with E-state index in [2.05, 4.69) is 27.5 Å². The first-order valence-corrected chi connectivity index (χ1v) is 7.10. The molecule has 1 amide bonds. The minimum absolute atomic E-state index is 0.186. The van der Waals surface area contributed by atoms with E-state index in [9.17, 15) is 4.79 Å². The number of aryl methyl sites for hydroxylation is 1. The first-order valence-electron chi connectivity index (χ1n) is 6.15. The Hall–Kier alpha value is -2.16. The van der Waals surface area contributed by atoms with Crippen LogP contribution >= 0.6 is 11.3 Å². The Morgan fingerprint density at radius 2 is 2.30 bits per heavy atom. The number of nitrogens with one attached hydrogen (secondary N) is 1. The molecule has 0 radical (unpaired) electrons. The van der Waals surface area contributed by atoms with Crippen molar-refractivity contribution in [1.82, 2.24) is 10.3 Å². The zero-order valence-corrected chi connectivity index (χ0v) is 12.0. The van der Waals surface area contributed by atoms with Gasteiger partial charge in [0.25, 0.3) is 5.91 Å². The second kappa shape index (κ2) is 6.85. The van der Waals surface area contributed by atoms with E-state index in [0.29, 0.717) is 18.8 Å². The third kappa shape index (κ3) is 3.67. The van der Waals surface area contributed by atoms with Gasteiger partial charge in [-0.05, 0) is 40.9 Å². The zero-order chi connectivity index (χ0) is 14.4. The number of rotatable bonds is 3. The highest BCUT2D eigenvalue weighted by atomic mass is 32.1. The molecule has 5 heteroatoms. The molecule has 2 aromatic heterocycles. The topological polar surface area (TPSA) is 68.0 Å². The smallest absolute Gasteiger partial charge is 0.270 e. The molecule has 0 unspecified atom stereocenters. The van der Waals surface area contributed by atoms with Crippen molar-refractivity contribution in [1.29, 1.82) is 0 Å². The van der Waals surface area contributed by atoms with Gasteiger partial charge in [0.15, 0.2) is 0 Å². The van der Waals surface area contributed by atoms with E-state index >= 15 is 0 Å². The molecule has 0 saturated carbocycles. The summed E-state index contributed by atoms with van der Waals surface area (Å²) >= 11 is 1.63. The molecule has 0 saturated heterocycles. The summed E-state index contributed by atoms with van der Waals surface area (Å²) in [4.78, 5) is 16.1. The average molecular weight is 285 g/mol. The fourth-order valence-corrected chi connectivity index (χ4v) is 2.45. The van der Waals surface area contributed by atoms with Crippen LogP contribution in [0.3, 0.4) is 0 Å². The van der Waals surface area contributed by atoms with Crippen LogP contribution in [0.1, 0.15) is 27.2 Å². The van der Waals surface area contributed by atoms with Crippen LogP contribution < -0.4 is 11.1 Å². The van der Waals surface area contributed by atoms with Gasteiger partial charge >= 0.3 is 0 Å². The number of aromatic nitrogens is 1. The lowest BCUT2D eigenvalue weighted by Gasteiger charge is -2.04. The minimum Gasteiger partial charge on any atom is -0.347 e. The van der Waals surface area contributed by atoms with E-state index in [1.54, 1.807) is 29.7 Å². The van der Waals surface area contributed by atoms with E-state index in [1.807, 2.05) is 12.3 Å². The molecule has 0 spiro atoms. The van der Waals surface area contributed by atoms with Gasteiger partial charge in [-0.3, -0.25) is 4.79 Å². The molecule has 0 atom stereocenters. The molecule has 2 aromatic rings. The standard InChI is InChI=1S/C15H15N3OS/c1-11-9-20-10-13(11)8-18-15(19)14-5-4-12(7-17-14)3-2-6-16/h4-5,7,9-10H,6,8,16H2,1H3,(H,18,19). The van der Waals surface area contributed by atoms with Crippen LogP contribution in [0.4, 0.5) is 0 Å². The van der Waals surface area contributed by atoms with Crippen molar-refractivity contribution in [3.8, 4) is 11.8 Å². The normalized spacial score (nSPS) is 9.70. The summed E-state index contributed by atoms with van der Waals surface area (Å²) in [6, 6.07) is 3.43. The van der Waals surface area contributed by atoms with Gasteiger partial charge in [0.2, 0.25) is 0 Å². The van der Waals surface area contributed by atoms with Crippen LogP contribution in [-0.4, -0.2) is 17.4 Å². The molecule has 0 aliphatic rings. The molecule has 0 fully saturated rings. The summed E-state index contributed by atoms with van der Waals surface area (Å²) in [6.45, 7) is 2.86. The quantitative estimate of drug-likeness (QED) is 0.843. The highest BCUT2D eigenvalue weighted by Gasteiger charge is 2.07. The lowest BCUT2D eigenvalue weighted by molar-refractivity contribution is 0.0946. The number of nitrogens with two attached hydrogens (primary N) is 1. The van der Waals surface area contributed by atoms with Crippen molar-refractivity contribution < 1.29 is 4.79 Å². The molecular formula is C15H15N3OS. The van der Waals surface area contributed by atoms with E-state index in [1.165, 1.54) is 5.56 Å². The molecule has 2 heterocycles. The number of carbonyl (C=O) groups is 1. The van der Waals surface area contributed by atoms with E-state index in [4.69, 9.17) is 5.73 Å². The predicted octanol–water partition coefficient (Wildman–Crippen LogP) is 1.69. The Morgan fingerprint density at radius 3 is 2.90 bits per heavy atom. The first kappa shape index (κ1) is 14.3. The maximum absolute atomic E-state index is 12.0. The van der Waals surface area contributed by atoms with Crippen molar-refractivity contribution >= 4 is 17.2 Å². The van der Waals surface area contributed by atoms with Crippen molar-refractivity contribution in [3.05, 3.63) is 51.5 Å². The lowest BCUT2D eigenvalue weighted by atomic mass is 10.2. The summed E-state index contributed by atoms with van der Waals surface area (Å²) in [5.74, 6) is 5.42. The van der Waals surface area contributed by atoms with Crippen LogP contribution in [0.5, 0.6) is 0 Å². The number of amides is 1. The second-order valence-corrected chi connectivity index (χ2v) is 4.94. The lowest BCUT2D eigenvalue weighted by Crippen LogP contribution is -2.23. The number of pyridine rings is 1. The molecule has 0 aliphatic carbocycles. The van der Waals surface area contributed by atoms with Crippen molar-refractivity contribution in [2.45, 2.75) is 13.5 Å². The van der Waals surface area contributed by atoms with E-state index in [-0.39, 0.29) is 5.91 Å². The monoisotopic (exact) mass is 285 g/mol. The molecule has 0 aromatic carbocycles. The summed E-state index contributed by atoms with van der Waals surface area (Å²) < 4.78 is 0. The van der Waals surface area contributed by atoms with Gasteiger partial charge in [0.1, 0.15) is 5.69 Å². The van der Waals surface area contributed by atoms with E-state index < -0.39 is 0 Å². The number of thiophene rings is 1. The summed E-state index contributed by atoms with van der Waals surface area (Å²) in [5, 5.41) is 6.95. The SMILES string of the molecule is Cc1cscc1CNC(=O)c1ccc(C#CCN)cn1. The van der Waals surface area contributed by atoms with Crippen LogP contribution in [0.2, 0.25) is 0 Å². The Bertz CT molecular complexity index is 650. The van der Waals surface area contributed by atoms with Crippen LogP contribution in [0.15, 0.2) is 29.1 Å². The van der Waals surface area contributed by atoms with Gasteiger partial charge in [0, 0.05) is 18.3 Å². The number of nitrogens with zero attached hydrogens (tertiary/aromatic N) is 1. The largest absolute Gasteiger partial charge is 0.347 e. The molecule has 102 valence electrons. The molecule has 20 heavy (non-hydrogen) atoms. The highest BCUT2D eigenvalue weighted by Crippen LogP contribution is 2.13. The fraction of sp³-hybridized carbons (Fsp3) is 0.200. The first-order chi connectivity index (χ1) is 9.70. The van der Waals surface area contributed by atoms with Gasteiger partial charge < -0.3 is 11.1 Å². The maximum Gasteiger partial charge on any atom is 0.270 e. The molecule has 4 nitrogen and oxygen atoms in total. The Morgan fingerprint density at radius 1 is 1.45 bits per heavy atom. The van der Waals surface area contributed by atoms with Crippen molar-refractivity contribution in [2.75, 3.05) is 6.54 Å². The molecular weight excluding hydrogens is 270 g/mol. The maximum atomic E-state index is 12.0. The molecule has 0 bridgehead atoms. The minimum atomic E-state index is -0.186. The van der Waals surface area contributed by atoms with Crippen LogP contribution in [-0.2, 0) is 6.54 Å². The molecule has 2 rings (SSSR count). The summed E-state index contributed by atoms with van der Waals surface area (Å²) in [7, 11) is 0. The van der Waals surface area contributed by atoms with Gasteiger partial charge in [-0.1, -0.05) is 11.8 Å². The Labute approximate surface area is 122 Å². The van der Waals surface area contributed by atoms with Crippen LogP contribution in [0, 0.1) is 18.8 Å². The van der Waals surface area contributed by atoms with Gasteiger partial charge in [0.05, 0.1) is 6.54 Å². The number of hydrogen-bond acceptors (Lipinski definition) is 4. The van der Waals surface area contributed by atoms with Gasteiger partial charge in [-0.25, -0.2) is 4.98 Å². The summed E-state index contributed by atoms with van der Waals surface area (Å²) in [5.41, 5.74) is 8.75. The van der Waals surface area contributed by atoms with Gasteiger partial charge in [-0.2, -0.15) is 11.3 Å². The Kier molecular flexibility index (Phi) is 4.88. The predicted molar refractivity (Wildman–Crippen MR) is 80.4 cm³/mol. The summed E-state index contributed by atoms with van der Waals surface area (Å²) in [6.07, 6.45) is 1.58. The third-order valence-corrected chi connectivity index (χ3v) is 3.64. The zero-order valence-electron chi connectivity index (χ0n) is 11.1. The van der Waals surface area contributed by atoms with E-state index in [0.717, 1.165) is 11.1 Å². The van der Waals surface area contributed by atoms with Crippen molar-refractivity contribution in [3.63, 3.8) is 0 Å². The number of carbonyl (C=O) groups excluding carboxylic acids is 1. The second-order valence-electron chi connectivity index (χ2n) is 4.20. The molecule has 3 N–H and O–H groups in total. The highest BCUT2D eigenvalue weighted by molar-refractivity contribution is 7.08. The number of hydrogen-bond donors (Lipinski definition) is 2. The fourth-order valence-electron chi connectivity index (χ4n) is 1.59. The average Bonchev–Trinajstić information content (AvgIpc) is 2.88. The van der Waals surface area contributed by atoms with Crippen LogP contribution in [0.25, 0.3) is 0 Å². The molecule has 0 aliphatic heterocycles. The van der Waals surface area contributed by atoms with Crippen molar-refractivity contribution in [2.24, 2.45) is 5.73 Å². The Balaban J connectivity index is 1.97. The third-order valence-electron chi connectivity index (χ3n) is 2.73.